The van der Waals surface area contributed by atoms with Gasteiger partial charge in [0.15, 0.2) is 0 Å². The lowest BCUT2D eigenvalue weighted by Crippen LogP contribution is -2.23. The summed E-state index contributed by atoms with van der Waals surface area (Å²) in [5.74, 6) is -0.241. The van der Waals surface area contributed by atoms with Gasteiger partial charge in [-0.3, -0.25) is 9.59 Å². The van der Waals surface area contributed by atoms with Gasteiger partial charge in [0.05, 0.1) is 18.7 Å². The van der Waals surface area contributed by atoms with E-state index in [0.29, 0.717) is 24.2 Å². The van der Waals surface area contributed by atoms with Crippen LogP contribution in [-0.4, -0.2) is 22.0 Å². The van der Waals surface area contributed by atoms with Crippen molar-refractivity contribution in [3.8, 4) is 0 Å². The number of hydrogen-bond acceptors (Lipinski definition) is 4. The molecule has 0 spiro atoms. The van der Waals surface area contributed by atoms with E-state index in [1.54, 1.807) is 36.5 Å². The van der Waals surface area contributed by atoms with Gasteiger partial charge in [-0.2, -0.15) is 10.2 Å². The van der Waals surface area contributed by atoms with Crippen molar-refractivity contribution in [2.75, 3.05) is 5.32 Å². The molecule has 0 atom stereocenters. The first kappa shape index (κ1) is 12.3. The Hall–Kier alpha value is -2.76. The monoisotopic (exact) mass is 268 g/mol. The highest BCUT2D eigenvalue weighted by atomic mass is 16.2. The number of hydrogen-bond donors (Lipinski definition) is 2. The van der Waals surface area contributed by atoms with Gasteiger partial charge in [-0.1, -0.05) is 0 Å². The fraction of sp³-hybridized carbons (Fsp3) is 0.143. The second kappa shape index (κ2) is 5.08. The smallest absolute Gasteiger partial charge is 0.251 e. The Morgan fingerprint density at radius 1 is 1.35 bits per heavy atom. The fourth-order valence-electron chi connectivity index (χ4n) is 2.07. The third-order valence-corrected chi connectivity index (χ3v) is 3.05. The zero-order valence-corrected chi connectivity index (χ0v) is 10.6. The standard InChI is InChI=1S/C14H12N4O2/c19-13-7-10-6-9(3-4-12(10)17-13)14(20)15-8-11-2-1-5-16-18-11/h1-6H,7-8H2,(H,15,20)(H,17,19). The second-order valence-corrected chi connectivity index (χ2v) is 4.49. The zero-order chi connectivity index (χ0) is 13.9. The Bertz CT molecular complexity index is 670. The lowest BCUT2D eigenvalue weighted by Gasteiger charge is -2.06. The number of nitrogens with zero attached hydrogens (tertiary/aromatic N) is 2. The number of amides is 2. The Labute approximate surface area is 115 Å². The minimum atomic E-state index is -0.196. The predicted octanol–water partition coefficient (Wildman–Crippen LogP) is 0.901. The van der Waals surface area contributed by atoms with E-state index < -0.39 is 0 Å². The molecule has 3 rings (SSSR count). The number of anilines is 1. The molecule has 2 heterocycles. The summed E-state index contributed by atoms with van der Waals surface area (Å²) in [6.45, 7) is 0.320. The van der Waals surface area contributed by atoms with Crippen LogP contribution >= 0.6 is 0 Å². The third kappa shape index (κ3) is 2.49. The molecule has 1 aliphatic heterocycles. The molecule has 0 unspecified atom stereocenters. The van der Waals surface area contributed by atoms with E-state index in [2.05, 4.69) is 20.8 Å². The van der Waals surface area contributed by atoms with Gasteiger partial charge in [-0.25, -0.2) is 0 Å². The van der Waals surface area contributed by atoms with Crippen LogP contribution in [0.5, 0.6) is 0 Å². The van der Waals surface area contributed by atoms with Crippen molar-refractivity contribution in [2.45, 2.75) is 13.0 Å². The Morgan fingerprint density at radius 2 is 2.25 bits per heavy atom. The van der Waals surface area contributed by atoms with Crippen molar-refractivity contribution in [3.63, 3.8) is 0 Å². The Balaban J connectivity index is 1.69. The molecular formula is C14H12N4O2. The minimum Gasteiger partial charge on any atom is -0.346 e. The highest BCUT2D eigenvalue weighted by Crippen LogP contribution is 2.23. The van der Waals surface area contributed by atoms with Crippen molar-refractivity contribution in [3.05, 3.63) is 53.3 Å². The summed E-state index contributed by atoms with van der Waals surface area (Å²) in [4.78, 5) is 23.3. The summed E-state index contributed by atoms with van der Waals surface area (Å²) >= 11 is 0. The van der Waals surface area contributed by atoms with E-state index in [0.717, 1.165) is 11.3 Å². The molecule has 1 aromatic carbocycles. The SMILES string of the molecule is O=C1Cc2cc(C(=O)NCc3cccnn3)ccc2N1. The van der Waals surface area contributed by atoms with E-state index >= 15 is 0 Å². The molecule has 0 bridgehead atoms. The highest BCUT2D eigenvalue weighted by molar-refractivity contribution is 6.01. The Morgan fingerprint density at radius 3 is 3.05 bits per heavy atom. The first-order valence-corrected chi connectivity index (χ1v) is 6.20. The largest absolute Gasteiger partial charge is 0.346 e. The summed E-state index contributed by atoms with van der Waals surface area (Å²) < 4.78 is 0. The predicted molar refractivity (Wildman–Crippen MR) is 72.0 cm³/mol. The van der Waals surface area contributed by atoms with E-state index in [1.165, 1.54) is 0 Å². The summed E-state index contributed by atoms with van der Waals surface area (Å²) in [5.41, 5.74) is 2.85. The van der Waals surface area contributed by atoms with Gasteiger partial charge >= 0.3 is 0 Å². The van der Waals surface area contributed by atoms with Crippen LogP contribution in [0.25, 0.3) is 0 Å². The van der Waals surface area contributed by atoms with Crippen molar-refractivity contribution in [1.82, 2.24) is 15.5 Å². The molecule has 6 nitrogen and oxygen atoms in total. The van der Waals surface area contributed by atoms with Crippen LogP contribution in [0.2, 0.25) is 0 Å². The van der Waals surface area contributed by atoms with Crippen molar-refractivity contribution < 1.29 is 9.59 Å². The molecule has 1 aliphatic rings. The normalized spacial score (nSPS) is 12.7. The van der Waals surface area contributed by atoms with Crippen molar-refractivity contribution >= 4 is 17.5 Å². The van der Waals surface area contributed by atoms with E-state index in [-0.39, 0.29) is 11.8 Å². The Kier molecular flexibility index (Phi) is 3.12. The molecule has 100 valence electrons. The van der Waals surface area contributed by atoms with Crippen LogP contribution in [0.3, 0.4) is 0 Å². The topological polar surface area (TPSA) is 84.0 Å². The molecule has 0 aliphatic carbocycles. The van der Waals surface area contributed by atoms with Gasteiger partial charge in [0, 0.05) is 17.4 Å². The first-order chi connectivity index (χ1) is 9.72. The zero-order valence-electron chi connectivity index (χ0n) is 10.6. The van der Waals surface area contributed by atoms with Crippen LogP contribution in [0, 0.1) is 0 Å². The number of aromatic nitrogens is 2. The molecule has 2 aromatic rings. The molecular weight excluding hydrogens is 256 g/mol. The fourth-order valence-corrected chi connectivity index (χ4v) is 2.07. The summed E-state index contributed by atoms with van der Waals surface area (Å²) in [6.07, 6.45) is 1.90. The molecule has 0 fully saturated rings. The average molecular weight is 268 g/mol. The van der Waals surface area contributed by atoms with Crippen molar-refractivity contribution in [1.29, 1.82) is 0 Å². The lowest BCUT2D eigenvalue weighted by atomic mass is 10.1. The first-order valence-electron chi connectivity index (χ1n) is 6.20. The molecule has 0 saturated carbocycles. The van der Waals surface area contributed by atoms with Gasteiger partial charge in [0.25, 0.3) is 5.91 Å². The van der Waals surface area contributed by atoms with Gasteiger partial charge in [-0.15, -0.1) is 0 Å². The van der Waals surface area contributed by atoms with Crippen LogP contribution < -0.4 is 10.6 Å². The number of nitrogens with one attached hydrogen (secondary N) is 2. The average Bonchev–Trinajstić information content (AvgIpc) is 2.85. The number of carbonyl (C=O) groups excluding carboxylic acids is 2. The summed E-state index contributed by atoms with van der Waals surface area (Å²) in [5, 5.41) is 13.1. The molecule has 0 saturated heterocycles. The van der Waals surface area contributed by atoms with E-state index in [1.807, 2.05) is 0 Å². The molecule has 2 N–H and O–H groups in total. The van der Waals surface area contributed by atoms with Gasteiger partial charge in [0.2, 0.25) is 5.91 Å². The van der Waals surface area contributed by atoms with Crippen LogP contribution in [-0.2, 0) is 17.8 Å². The molecule has 20 heavy (non-hydrogen) atoms. The van der Waals surface area contributed by atoms with Gasteiger partial charge in [-0.05, 0) is 35.9 Å². The van der Waals surface area contributed by atoms with Crippen molar-refractivity contribution in [2.24, 2.45) is 0 Å². The molecule has 6 heteroatoms. The summed E-state index contributed by atoms with van der Waals surface area (Å²) in [7, 11) is 0. The number of benzene rings is 1. The number of rotatable bonds is 3. The molecule has 1 aromatic heterocycles. The number of fused-ring (bicyclic) bond motifs is 1. The molecule has 0 radical (unpaired) electrons. The van der Waals surface area contributed by atoms with Gasteiger partial charge in [0.1, 0.15) is 0 Å². The maximum atomic E-state index is 12.0. The third-order valence-electron chi connectivity index (χ3n) is 3.05. The van der Waals surface area contributed by atoms with Gasteiger partial charge < -0.3 is 10.6 Å². The minimum absolute atomic E-state index is 0.0443. The van der Waals surface area contributed by atoms with E-state index in [4.69, 9.17) is 0 Å². The number of carbonyl (C=O) groups is 2. The molecule has 2 amide bonds. The van der Waals surface area contributed by atoms with Crippen LogP contribution in [0.4, 0.5) is 5.69 Å². The summed E-state index contributed by atoms with van der Waals surface area (Å²) in [6, 6.07) is 8.73. The maximum Gasteiger partial charge on any atom is 0.251 e. The lowest BCUT2D eigenvalue weighted by molar-refractivity contribution is -0.115. The maximum absolute atomic E-state index is 12.0. The quantitative estimate of drug-likeness (QED) is 0.866. The van der Waals surface area contributed by atoms with E-state index in [9.17, 15) is 9.59 Å². The highest BCUT2D eigenvalue weighted by Gasteiger charge is 2.18. The second-order valence-electron chi connectivity index (χ2n) is 4.49. The van der Waals surface area contributed by atoms with Crippen LogP contribution in [0.1, 0.15) is 21.6 Å². The van der Waals surface area contributed by atoms with Crippen LogP contribution in [0.15, 0.2) is 36.5 Å².